The van der Waals surface area contributed by atoms with Gasteiger partial charge in [-0.1, -0.05) is 17.4 Å². The molecule has 0 aromatic rings. The highest BCUT2D eigenvalue weighted by molar-refractivity contribution is 8.78. The van der Waals surface area contributed by atoms with Gasteiger partial charge in [0.05, 0.1) is 18.1 Å². The Balaban J connectivity index is 4.80. The molecule has 6 heteroatoms. The zero-order valence-corrected chi connectivity index (χ0v) is 12.2. The summed E-state index contributed by atoms with van der Waals surface area (Å²) in [7, 11) is 4.05. The van der Waals surface area contributed by atoms with Crippen LogP contribution in [0.5, 0.6) is 0 Å². The second-order valence-electron chi connectivity index (χ2n) is 4.22. The van der Waals surface area contributed by atoms with Crippen molar-refractivity contribution in [2.24, 2.45) is 11.7 Å². The van der Waals surface area contributed by atoms with Crippen LogP contribution in [0.4, 0.5) is 0 Å². The lowest BCUT2D eigenvalue weighted by atomic mass is 9.90. The average molecular weight is 277 g/mol. The maximum absolute atomic E-state index is 11.7. The summed E-state index contributed by atoms with van der Waals surface area (Å²) in [6.45, 7) is 8.82. The van der Waals surface area contributed by atoms with Gasteiger partial charge in [0.15, 0.2) is 0 Å². The molecular weight excluding hydrogens is 258 g/mol. The second kappa shape index (κ2) is 6.96. The van der Waals surface area contributed by atoms with Gasteiger partial charge < -0.3 is 15.3 Å². The molecule has 17 heavy (non-hydrogen) atoms. The standard InChI is InChI=1S/C11H19NO3S2/c1-7(13)6-9(10(14)15-5)11(3,4)17-16-8(2)12/h9H,2,6,12H2,1,3-5H3. The number of ether oxygens (including phenoxy) is 1. The van der Waals surface area contributed by atoms with Crippen LogP contribution < -0.4 is 5.73 Å². The van der Waals surface area contributed by atoms with Crippen LogP contribution in [0.1, 0.15) is 27.2 Å². The minimum absolute atomic E-state index is 0.0364. The molecular formula is C11H19NO3S2. The van der Waals surface area contributed by atoms with Crippen molar-refractivity contribution in [3.05, 3.63) is 11.6 Å². The van der Waals surface area contributed by atoms with Gasteiger partial charge in [0, 0.05) is 11.2 Å². The van der Waals surface area contributed by atoms with Gasteiger partial charge in [0.25, 0.3) is 0 Å². The zero-order chi connectivity index (χ0) is 13.6. The maximum Gasteiger partial charge on any atom is 0.310 e. The number of esters is 1. The van der Waals surface area contributed by atoms with E-state index in [1.54, 1.807) is 0 Å². The van der Waals surface area contributed by atoms with Crippen LogP contribution in [0.3, 0.4) is 0 Å². The molecule has 0 amide bonds. The van der Waals surface area contributed by atoms with E-state index in [4.69, 9.17) is 10.5 Å². The number of Topliss-reactive ketones (excluding diaryl/α,β-unsaturated/α-hetero) is 1. The molecule has 0 aliphatic rings. The topological polar surface area (TPSA) is 69.4 Å². The largest absolute Gasteiger partial charge is 0.469 e. The van der Waals surface area contributed by atoms with Crippen molar-refractivity contribution in [1.82, 2.24) is 0 Å². The average Bonchev–Trinajstić information content (AvgIpc) is 2.22. The van der Waals surface area contributed by atoms with Crippen LogP contribution in [0.25, 0.3) is 0 Å². The first-order chi connectivity index (χ1) is 7.70. The van der Waals surface area contributed by atoms with E-state index in [1.165, 1.54) is 35.6 Å². The molecule has 0 aromatic carbocycles. The highest BCUT2D eigenvalue weighted by atomic mass is 33.1. The van der Waals surface area contributed by atoms with Crippen LogP contribution in [0, 0.1) is 5.92 Å². The fourth-order valence-electron chi connectivity index (χ4n) is 1.26. The van der Waals surface area contributed by atoms with E-state index in [-0.39, 0.29) is 18.2 Å². The Morgan fingerprint density at radius 3 is 2.35 bits per heavy atom. The summed E-state index contributed by atoms with van der Waals surface area (Å²) in [5.74, 6) is -0.895. The Kier molecular flexibility index (Phi) is 6.70. The molecule has 0 aromatic heterocycles. The highest BCUT2D eigenvalue weighted by Gasteiger charge is 2.37. The Hall–Kier alpha value is -0.620. The van der Waals surface area contributed by atoms with Crippen molar-refractivity contribution in [2.75, 3.05) is 7.11 Å². The first kappa shape index (κ1) is 16.4. The lowest BCUT2D eigenvalue weighted by molar-refractivity contribution is -0.148. The third-order valence-corrected chi connectivity index (χ3v) is 5.37. The molecule has 0 radical (unpaired) electrons. The van der Waals surface area contributed by atoms with Crippen LogP contribution in [0.15, 0.2) is 11.6 Å². The molecule has 98 valence electrons. The minimum atomic E-state index is -0.484. The van der Waals surface area contributed by atoms with Gasteiger partial charge in [0.1, 0.15) is 5.78 Å². The molecule has 0 bridgehead atoms. The molecule has 0 fully saturated rings. The van der Waals surface area contributed by atoms with Gasteiger partial charge in [-0.25, -0.2) is 0 Å². The summed E-state index contributed by atoms with van der Waals surface area (Å²) in [4.78, 5) is 22.9. The molecule has 1 atom stereocenters. The third-order valence-electron chi connectivity index (χ3n) is 2.18. The number of carbonyl (C=O) groups excluding carboxylic acids is 2. The normalized spacial score (nSPS) is 12.9. The number of methoxy groups -OCH3 is 1. The summed E-state index contributed by atoms with van der Waals surface area (Å²) in [6, 6.07) is 0. The van der Waals surface area contributed by atoms with Gasteiger partial charge in [-0.05, 0) is 31.6 Å². The van der Waals surface area contributed by atoms with E-state index in [9.17, 15) is 9.59 Å². The monoisotopic (exact) mass is 277 g/mol. The lowest BCUT2D eigenvalue weighted by Gasteiger charge is -2.30. The quantitative estimate of drug-likeness (QED) is 0.569. The number of hydrogen-bond acceptors (Lipinski definition) is 6. The summed E-state index contributed by atoms with van der Waals surface area (Å²) in [5, 5.41) is 0.467. The van der Waals surface area contributed by atoms with Crippen molar-refractivity contribution in [3.63, 3.8) is 0 Å². The van der Waals surface area contributed by atoms with Crippen molar-refractivity contribution in [1.29, 1.82) is 0 Å². The van der Waals surface area contributed by atoms with Gasteiger partial charge in [-0.3, -0.25) is 4.79 Å². The predicted molar refractivity (Wildman–Crippen MR) is 73.4 cm³/mol. The molecule has 4 nitrogen and oxygen atoms in total. The Morgan fingerprint density at radius 1 is 1.47 bits per heavy atom. The van der Waals surface area contributed by atoms with E-state index in [2.05, 4.69) is 6.58 Å². The van der Waals surface area contributed by atoms with E-state index < -0.39 is 10.7 Å². The van der Waals surface area contributed by atoms with Gasteiger partial charge in [-0.2, -0.15) is 0 Å². The maximum atomic E-state index is 11.7. The molecule has 0 spiro atoms. The third kappa shape index (κ3) is 6.02. The molecule has 1 unspecified atom stereocenters. The molecule has 0 saturated carbocycles. The van der Waals surface area contributed by atoms with E-state index in [1.807, 2.05) is 13.8 Å². The van der Waals surface area contributed by atoms with E-state index in [0.717, 1.165) is 0 Å². The minimum Gasteiger partial charge on any atom is -0.469 e. The van der Waals surface area contributed by atoms with Gasteiger partial charge in [0.2, 0.25) is 0 Å². The number of nitrogens with two attached hydrogens (primary N) is 1. The summed E-state index contributed by atoms with van der Waals surface area (Å²) < 4.78 is 4.29. The Labute approximate surface area is 110 Å². The van der Waals surface area contributed by atoms with Crippen LogP contribution in [-0.2, 0) is 14.3 Å². The molecule has 2 N–H and O–H groups in total. The summed E-state index contributed by atoms with van der Waals surface area (Å²) in [6.07, 6.45) is 0.171. The van der Waals surface area contributed by atoms with Crippen molar-refractivity contribution in [3.8, 4) is 0 Å². The second-order valence-corrected chi connectivity index (χ2v) is 7.13. The van der Waals surface area contributed by atoms with Crippen molar-refractivity contribution in [2.45, 2.75) is 31.9 Å². The van der Waals surface area contributed by atoms with E-state index in [0.29, 0.717) is 5.03 Å². The van der Waals surface area contributed by atoms with Crippen LogP contribution in [-0.4, -0.2) is 23.6 Å². The first-order valence-corrected chi connectivity index (χ1v) is 7.23. The predicted octanol–water partition coefficient (Wildman–Crippen LogP) is 2.34. The van der Waals surface area contributed by atoms with Gasteiger partial charge in [-0.15, -0.1) is 0 Å². The molecule has 0 heterocycles. The number of rotatable bonds is 7. The fourth-order valence-corrected chi connectivity index (χ4v) is 3.19. The van der Waals surface area contributed by atoms with Crippen LogP contribution >= 0.6 is 21.6 Å². The highest BCUT2D eigenvalue weighted by Crippen LogP contribution is 2.44. The fraction of sp³-hybridized carbons (Fsp3) is 0.636. The molecule has 0 saturated heterocycles. The molecule has 0 rings (SSSR count). The molecule has 0 aliphatic carbocycles. The number of ketones is 1. The van der Waals surface area contributed by atoms with Gasteiger partial charge >= 0.3 is 5.97 Å². The molecule has 0 aliphatic heterocycles. The van der Waals surface area contributed by atoms with Crippen molar-refractivity contribution >= 4 is 33.3 Å². The Morgan fingerprint density at radius 2 is 2.00 bits per heavy atom. The summed E-state index contributed by atoms with van der Waals surface area (Å²) >= 11 is 0. The first-order valence-electron chi connectivity index (χ1n) is 5.08. The summed E-state index contributed by atoms with van der Waals surface area (Å²) in [5.41, 5.74) is 5.47. The van der Waals surface area contributed by atoms with Crippen molar-refractivity contribution < 1.29 is 14.3 Å². The smallest absolute Gasteiger partial charge is 0.310 e. The Bertz CT molecular complexity index is 316. The number of hydrogen-bond donors (Lipinski definition) is 1. The zero-order valence-electron chi connectivity index (χ0n) is 10.6. The van der Waals surface area contributed by atoms with Crippen LogP contribution in [0.2, 0.25) is 0 Å². The SMILES string of the molecule is C=C(N)SSC(C)(C)C(CC(C)=O)C(=O)OC. The number of carbonyl (C=O) groups is 2. The lowest BCUT2D eigenvalue weighted by Crippen LogP contribution is -2.36. The van der Waals surface area contributed by atoms with E-state index >= 15 is 0 Å².